The lowest BCUT2D eigenvalue weighted by Gasteiger charge is -2.18. The van der Waals surface area contributed by atoms with Gasteiger partial charge in [-0.2, -0.15) is 0 Å². The summed E-state index contributed by atoms with van der Waals surface area (Å²) in [6, 6.07) is 15.9. The Morgan fingerprint density at radius 1 is 1.04 bits per heavy atom. The van der Waals surface area contributed by atoms with Gasteiger partial charge in [0.2, 0.25) is 0 Å². The summed E-state index contributed by atoms with van der Waals surface area (Å²) in [5.41, 5.74) is 1.53. The number of esters is 1. The van der Waals surface area contributed by atoms with Crippen molar-refractivity contribution in [3.05, 3.63) is 65.7 Å². The average Bonchev–Trinajstić information content (AvgIpc) is 2.71. The SMILES string of the molecule is CCC[C@H](NC(=O)COC(=O)COc1ccc(C=O)cc1)c1ccccc1. The van der Waals surface area contributed by atoms with Crippen LogP contribution in [0.5, 0.6) is 5.75 Å². The standard InChI is InChI=1S/C21H23NO5/c1-2-6-19(17-7-4-3-5-8-17)22-20(24)14-27-21(25)15-26-18-11-9-16(13-23)10-12-18/h3-5,7-13,19H,2,6,14-15H2,1H3,(H,22,24)/t19-/m0/s1. The Bertz CT molecular complexity index is 743. The zero-order valence-corrected chi connectivity index (χ0v) is 15.2. The lowest BCUT2D eigenvalue weighted by Crippen LogP contribution is -2.33. The molecule has 2 rings (SSSR count). The lowest BCUT2D eigenvalue weighted by molar-refractivity contribution is -0.150. The maximum atomic E-state index is 12.1. The van der Waals surface area contributed by atoms with Crippen LogP contribution in [-0.4, -0.2) is 31.4 Å². The Balaban J connectivity index is 1.76. The summed E-state index contributed by atoms with van der Waals surface area (Å²) in [6.07, 6.45) is 2.43. The first-order valence-electron chi connectivity index (χ1n) is 8.80. The van der Waals surface area contributed by atoms with Crippen LogP contribution in [0.4, 0.5) is 0 Å². The summed E-state index contributed by atoms with van der Waals surface area (Å²) in [6.45, 7) is 1.37. The van der Waals surface area contributed by atoms with Crippen LogP contribution in [0.3, 0.4) is 0 Å². The highest BCUT2D eigenvalue weighted by Crippen LogP contribution is 2.17. The number of carbonyl (C=O) groups is 3. The Labute approximate surface area is 158 Å². The second kappa shape index (κ2) is 10.8. The number of ether oxygens (including phenoxy) is 2. The first kappa shape index (κ1) is 20.2. The summed E-state index contributed by atoms with van der Waals surface area (Å²) in [5.74, 6) is -0.563. The Kier molecular flexibility index (Phi) is 8.03. The fourth-order valence-electron chi connectivity index (χ4n) is 2.50. The second-order valence-electron chi connectivity index (χ2n) is 5.96. The average molecular weight is 369 g/mol. The monoisotopic (exact) mass is 369 g/mol. The summed E-state index contributed by atoms with van der Waals surface area (Å²) in [4.78, 5) is 34.4. The van der Waals surface area contributed by atoms with Crippen molar-refractivity contribution in [2.45, 2.75) is 25.8 Å². The summed E-state index contributed by atoms with van der Waals surface area (Å²) >= 11 is 0. The van der Waals surface area contributed by atoms with E-state index in [2.05, 4.69) is 5.32 Å². The van der Waals surface area contributed by atoms with Gasteiger partial charge in [0.05, 0.1) is 6.04 Å². The third-order valence-electron chi connectivity index (χ3n) is 3.85. The molecule has 0 aliphatic rings. The molecule has 0 aliphatic heterocycles. The molecule has 142 valence electrons. The van der Waals surface area contributed by atoms with E-state index < -0.39 is 5.97 Å². The molecule has 2 aromatic carbocycles. The predicted octanol–water partition coefficient (Wildman–Crippen LogP) is 3.08. The highest BCUT2D eigenvalue weighted by Gasteiger charge is 2.15. The van der Waals surface area contributed by atoms with Crippen molar-refractivity contribution in [2.24, 2.45) is 0 Å². The van der Waals surface area contributed by atoms with Gasteiger partial charge >= 0.3 is 5.97 Å². The van der Waals surface area contributed by atoms with Crippen LogP contribution in [0.15, 0.2) is 54.6 Å². The topological polar surface area (TPSA) is 81.7 Å². The molecule has 1 N–H and O–H groups in total. The molecule has 6 nitrogen and oxygen atoms in total. The Morgan fingerprint density at radius 2 is 1.74 bits per heavy atom. The summed E-state index contributed by atoms with van der Waals surface area (Å²) in [7, 11) is 0. The molecule has 1 atom stereocenters. The van der Waals surface area contributed by atoms with E-state index >= 15 is 0 Å². The van der Waals surface area contributed by atoms with Gasteiger partial charge < -0.3 is 14.8 Å². The molecule has 2 aromatic rings. The lowest BCUT2D eigenvalue weighted by atomic mass is 10.0. The van der Waals surface area contributed by atoms with Crippen molar-refractivity contribution in [3.8, 4) is 5.75 Å². The fraction of sp³-hybridized carbons (Fsp3) is 0.286. The molecule has 0 saturated heterocycles. The van der Waals surface area contributed by atoms with Crippen LogP contribution in [0.2, 0.25) is 0 Å². The second-order valence-corrected chi connectivity index (χ2v) is 5.96. The van der Waals surface area contributed by atoms with Crippen molar-refractivity contribution in [1.82, 2.24) is 5.32 Å². The van der Waals surface area contributed by atoms with E-state index in [0.29, 0.717) is 11.3 Å². The van der Waals surface area contributed by atoms with Gasteiger partial charge in [-0.1, -0.05) is 43.7 Å². The van der Waals surface area contributed by atoms with E-state index in [1.165, 1.54) is 0 Å². The van der Waals surface area contributed by atoms with E-state index in [-0.39, 0.29) is 25.2 Å². The van der Waals surface area contributed by atoms with Crippen LogP contribution in [0.25, 0.3) is 0 Å². The van der Waals surface area contributed by atoms with E-state index in [1.807, 2.05) is 37.3 Å². The van der Waals surface area contributed by atoms with Gasteiger partial charge in [0.1, 0.15) is 12.0 Å². The summed E-state index contributed by atoms with van der Waals surface area (Å²) < 4.78 is 10.2. The minimum atomic E-state index is -0.642. The molecule has 0 bridgehead atoms. The van der Waals surface area contributed by atoms with Crippen LogP contribution < -0.4 is 10.1 Å². The molecular formula is C21H23NO5. The van der Waals surface area contributed by atoms with Crippen molar-refractivity contribution in [2.75, 3.05) is 13.2 Å². The quantitative estimate of drug-likeness (QED) is 0.514. The van der Waals surface area contributed by atoms with Crippen molar-refractivity contribution >= 4 is 18.2 Å². The molecule has 0 saturated carbocycles. The van der Waals surface area contributed by atoms with E-state index in [1.54, 1.807) is 24.3 Å². The minimum absolute atomic E-state index is 0.116. The third-order valence-corrected chi connectivity index (χ3v) is 3.85. The molecule has 1 amide bonds. The molecule has 0 heterocycles. The van der Waals surface area contributed by atoms with Gasteiger partial charge in [-0.25, -0.2) is 4.79 Å². The van der Waals surface area contributed by atoms with Crippen LogP contribution in [0.1, 0.15) is 41.7 Å². The highest BCUT2D eigenvalue weighted by molar-refractivity contribution is 5.81. The molecule has 0 unspecified atom stereocenters. The largest absolute Gasteiger partial charge is 0.482 e. The summed E-state index contributed by atoms with van der Waals surface area (Å²) in [5, 5.41) is 2.89. The number of benzene rings is 2. The Hall–Kier alpha value is -3.15. The molecule has 27 heavy (non-hydrogen) atoms. The van der Waals surface area contributed by atoms with Crippen molar-refractivity contribution in [1.29, 1.82) is 0 Å². The van der Waals surface area contributed by atoms with Crippen molar-refractivity contribution in [3.63, 3.8) is 0 Å². The number of nitrogens with one attached hydrogen (secondary N) is 1. The maximum absolute atomic E-state index is 12.1. The Morgan fingerprint density at radius 3 is 2.37 bits per heavy atom. The molecule has 0 spiro atoms. The normalized spacial score (nSPS) is 11.3. The maximum Gasteiger partial charge on any atom is 0.344 e. The van der Waals surface area contributed by atoms with Gasteiger partial charge in [0, 0.05) is 5.56 Å². The predicted molar refractivity (Wildman–Crippen MR) is 101 cm³/mol. The number of rotatable bonds is 10. The number of hydrogen-bond donors (Lipinski definition) is 1. The van der Waals surface area contributed by atoms with E-state index in [9.17, 15) is 14.4 Å². The van der Waals surface area contributed by atoms with Crippen LogP contribution in [0, 0.1) is 0 Å². The van der Waals surface area contributed by atoms with Gasteiger partial charge in [-0.3, -0.25) is 9.59 Å². The number of carbonyl (C=O) groups excluding carboxylic acids is 3. The molecule has 0 fully saturated rings. The molecule has 6 heteroatoms. The van der Waals surface area contributed by atoms with Crippen molar-refractivity contribution < 1.29 is 23.9 Å². The van der Waals surface area contributed by atoms with Gasteiger partial charge in [-0.15, -0.1) is 0 Å². The number of hydrogen-bond acceptors (Lipinski definition) is 5. The van der Waals surface area contributed by atoms with E-state index in [0.717, 1.165) is 24.7 Å². The van der Waals surface area contributed by atoms with Crippen LogP contribution >= 0.6 is 0 Å². The van der Waals surface area contributed by atoms with Gasteiger partial charge in [0.25, 0.3) is 5.91 Å². The fourth-order valence-corrected chi connectivity index (χ4v) is 2.50. The number of amides is 1. The van der Waals surface area contributed by atoms with E-state index in [4.69, 9.17) is 9.47 Å². The van der Waals surface area contributed by atoms with Crippen LogP contribution in [-0.2, 0) is 14.3 Å². The third kappa shape index (κ3) is 6.93. The molecule has 0 aliphatic carbocycles. The zero-order valence-electron chi connectivity index (χ0n) is 15.2. The first-order valence-corrected chi connectivity index (χ1v) is 8.80. The molecule has 0 aromatic heterocycles. The zero-order chi connectivity index (χ0) is 19.5. The molecular weight excluding hydrogens is 346 g/mol. The van der Waals surface area contributed by atoms with Gasteiger partial charge in [-0.05, 0) is 36.2 Å². The highest BCUT2D eigenvalue weighted by atomic mass is 16.6. The first-order chi connectivity index (χ1) is 13.1. The number of aldehydes is 1. The molecule has 0 radical (unpaired) electrons. The van der Waals surface area contributed by atoms with Gasteiger partial charge in [0.15, 0.2) is 13.2 Å². The smallest absolute Gasteiger partial charge is 0.344 e. The minimum Gasteiger partial charge on any atom is -0.482 e.